The molecule has 0 bridgehead atoms. The monoisotopic (exact) mass is 384 g/mol. The van der Waals surface area contributed by atoms with Crippen molar-refractivity contribution in [2.75, 3.05) is 26.3 Å². The lowest BCUT2D eigenvalue weighted by atomic mass is 10.1. The van der Waals surface area contributed by atoms with Crippen LogP contribution in [0, 0.1) is 19.8 Å². The lowest BCUT2D eigenvalue weighted by Gasteiger charge is -2.20. The van der Waals surface area contributed by atoms with Crippen molar-refractivity contribution in [1.82, 2.24) is 9.47 Å². The number of likely N-dealkylation sites (tertiary alicyclic amines) is 1. The molecule has 1 saturated heterocycles. The zero-order chi connectivity index (χ0) is 19.8. The lowest BCUT2D eigenvalue weighted by molar-refractivity contribution is -0.138. The van der Waals surface area contributed by atoms with Gasteiger partial charge in [0, 0.05) is 42.7 Å². The minimum Gasteiger partial charge on any atom is -0.486 e. The molecule has 2 aliphatic heterocycles. The number of fused-ring (bicyclic) bond motifs is 1. The average Bonchev–Trinajstić information content (AvgIpc) is 3.24. The Hall–Kier alpha value is -2.96. The first-order valence-electron chi connectivity index (χ1n) is 9.54. The summed E-state index contributed by atoms with van der Waals surface area (Å²) in [5.74, 6) is 0.624. The molecule has 0 saturated carbocycles. The highest BCUT2D eigenvalue weighted by atomic mass is 16.6. The molecule has 1 atom stereocenters. The summed E-state index contributed by atoms with van der Waals surface area (Å²) in [6.45, 7) is 6.07. The van der Waals surface area contributed by atoms with E-state index < -0.39 is 5.97 Å². The van der Waals surface area contributed by atoms with Crippen LogP contribution in [-0.4, -0.2) is 52.8 Å². The van der Waals surface area contributed by atoms with E-state index in [0.717, 1.165) is 29.2 Å². The number of amides is 1. The van der Waals surface area contributed by atoms with Gasteiger partial charge in [-0.2, -0.15) is 0 Å². The Kier molecular flexibility index (Phi) is 4.75. The van der Waals surface area contributed by atoms with Gasteiger partial charge in [0.1, 0.15) is 13.2 Å². The normalized spacial score (nSPS) is 18.4. The largest absolute Gasteiger partial charge is 0.486 e. The number of ether oxygens (including phenoxy) is 2. The van der Waals surface area contributed by atoms with Crippen molar-refractivity contribution in [3.63, 3.8) is 0 Å². The van der Waals surface area contributed by atoms with E-state index in [2.05, 4.69) is 0 Å². The van der Waals surface area contributed by atoms with E-state index in [-0.39, 0.29) is 18.2 Å². The highest BCUT2D eigenvalue weighted by Crippen LogP contribution is 2.34. The fraction of sp³-hybridized carbons (Fsp3) is 0.429. The minimum atomic E-state index is -0.809. The molecule has 1 fully saturated rings. The molecule has 0 radical (unpaired) electrons. The van der Waals surface area contributed by atoms with Gasteiger partial charge in [-0.15, -0.1) is 0 Å². The van der Waals surface area contributed by atoms with Gasteiger partial charge in [0.2, 0.25) is 0 Å². The highest BCUT2D eigenvalue weighted by Gasteiger charge is 2.30. The second kappa shape index (κ2) is 7.22. The fourth-order valence-corrected chi connectivity index (χ4v) is 4.15. The quantitative estimate of drug-likeness (QED) is 0.877. The first-order chi connectivity index (χ1) is 13.4. The number of aromatic nitrogens is 1. The number of carboxylic acids is 1. The van der Waals surface area contributed by atoms with Gasteiger partial charge in [-0.25, -0.2) is 0 Å². The molecule has 4 rings (SSSR count). The van der Waals surface area contributed by atoms with Crippen molar-refractivity contribution in [2.45, 2.75) is 26.7 Å². The maximum Gasteiger partial charge on any atom is 0.303 e. The van der Waals surface area contributed by atoms with Crippen molar-refractivity contribution >= 4 is 11.9 Å². The lowest BCUT2D eigenvalue weighted by Crippen LogP contribution is -2.29. The molecule has 1 unspecified atom stereocenters. The standard InChI is InChI=1S/C21H24N2O5/c1-13-9-17(21(26)22-6-5-15(12-22)10-20(24)25)14(2)23(13)16-3-4-18-19(11-16)28-8-7-27-18/h3-4,9,11,15H,5-8,10,12H2,1-2H3,(H,24,25). The predicted molar refractivity (Wildman–Crippen MR) is 102 cm³/mol. The number of hydrogen-bond donors (Lipinski definition) is 1. The first-order valence-corrected chi connectivity index (χ1v) is 9.54. The maximum atomic E-state index is 13.0. The van der Waals surface area contributed by atoms with Crippen LogP contribution in [0.4, 0.5) is 0 Å². The minimum absolute atomic E-state index is 0.0303. The van der Waals surface area contributed by atoms with Gasteiger partial charge in [-0.05, 0) is 44.4 Å². The van der Waals surface area contributed by atoms with Gasteiger partial charge < -0.3 is 24.0 Å². The van der Waals surface area contributed by atoms with E-state index >= 15 is 0 Å². The van der Waals surface area contributed by atoms with E-state index in [0.29, 0.717) is 37.6 Å². The Bertz CT molecular complexity index is 933. The Labute approximate surface area is 163 Å². The Balaban J connectivity index is 1.59. The predicted octanol–water partition coefficient (Wildman–Crippen LogP) is 2.80. The van der Waals surface area contributed by atoms with Crippen molar-refractivity contribution in [2.24, 2.45) is 5.92 Å². The second-order valence-corrected chi connectivity index (χ2v) is 7.45. The van der Waals surface area contributed by atoms with Crippen LogP contribution in [0.25, 0.3) is 5.69 Å². The van der Waals surface area contributed by atoms with Crippen LogP contribution in [0.5, 0.6) is 11.5 Å². The zero-order valence-electron chi connectivity index (χ0n) is 16.1. The molecule has 0 aliphatic carbocycles. The summed E-state index contributed by atoms with van der Waals surface area (Å²) in [7, 11) is 0. The topological polar surface area (TPSA) is 81.0 Å². The third-order valence-electron chi connectivity index (χ3n) is 5.48. The molecule has 2 aliphatic rings. The summed E-state index contributed by atoms with van der Waals surface area (Å²) in [6.07, 6.45) is 0.846. The van der Waals surface area contributed by atoms with Crippen LogP contribution in [0.3, 0.4) is 0 Å². The number of carbonyl (C=O) groups excluding carboxylic acids is 1. The molecule has 1 aromatic heterocycles. The average molecular weight is 384 g/mol. The number of nitrogens with zero attached hydrogens (tertiary/aromatic N) is 2. The van der Waals surface area contributed by atoms with Crippen LogP contribution in [0.1, 0.15) is 34.6 Å². The maximum absolute atomic E-state index is 13.0. The van der Waals surface area contributed by atoms with E-state index in [9.17, 15) is 9.59 Å². The third kappa shape index (κ3) is 3.32. The summed E-state index contributed by atoms with van der Waals surface area (Å²) in [4.78, 5) is 25.8. The zero-order valence-corrected chi connectivity index (χ0v) is 16.1. The molecule has 1 N–H and O–H groups in total. The molecule has 1 amide bonds. The molecule has 28 heavy (non-hydrogen) atoms. The third-order valence-corrected chi connectivity index (χ3v) is 5.48. The molecule has 7 heteroatoms. The first kappa shape index (κ1) is 18.4. The van der Waals surface area contributed by atoms with Crippen LogP contribution in [0.15, 0.2) is 24.3 Å². The molecular weight excluding hydrogens is 360 g/mol. The summed E-state index contributed by atoms with van der Waals surface area (Å²) in [5, 5.41) is 8.98. The number of carboxylic acid groups (broad SMARTS) is 1. The number of benzene rings is 1. The van der Waals surface area contributed by atoms with E-state index in [1.54, 1.807) is 4.90 Å². The molecule has 3 heterocycles. The van der Waals surface area contributed by atoms with Crippen molar-refractivity contribution in [1.29, 1.82) is 0 Å². The van der Waals surface area contributed by atoms with Gasteiger partial charge in [0.15, 0.2) is 11.5 Å². The van der Waals surface area contributed by atoms with Crippen molar-refractivity contribution < 1.29 is 24.2 Å². The Morgan fingerprint density at radius 1 is 1.14 bits per heavy atom. The van der Waals surface area contributed by atoms with Crippen LogP contribution in [0.2, 0.25) is 0 Å². The molecule has 148 valence electrons. The number of aliphatic carboxylic acids is 1. The van der Waals surface area contributed by atoms with E-state index in [1.807, 2.05) is 42.7 Å². The summed E-state index contributed by atoms with van der Waals surface area (Å²) >= 11 is 0. The molecule has 7 nitrogen and oxygen atoms in total. The smallest absolute Gasteiger partial charge is 0.303 e. The van der Waals surface area contributed by atoms with Crippen molar-refractivity contribution in [3.8, 4) is 17.2 Å². The Morgan fingerprint density at radius 2 is 1.89 bits per heavy atom. The number of aryl methyl sites for hydroxylation is 1. The van der Waals surface area contributed by atoms with Crippen molar-refractivity contribution in [3.05, 3.63) is 41.2 Å². The fourth-order valence-electron chi connectivity index (χ4n) is 4.15. The number of carbonyl (C=O) groups is 2. The van der Waals surface area contributed by atoms with Gasteiger partial charge in [0.05, 0.1) is 5.56 Å². The van der Waals surface area contributed by atoms with Gasteiger partial charge in [-0.3, -0.25) is 9.59 Å². The van der Waals surface area contributed by atoms with Gasteiger partial charge >= 0.3 is 5.97 Å². The molecule has 0 spiro atoms. The second-order valence-electron chi connectivity index (χ2n) is 7.45. The summed E-state index contributed by atoms with van der Waals surface area (Å²) in [6, 6.07) is 7.68. The SMILES string of the molecule is Cc1cc(C(=O)N2CCC(CC(=O)O)C2)c(C)n1-c1ccc2c(c1)OCCO2. The molecule has 2 aromatic rings. The van der Waals surface area contributed by atoms with Gasteiger partial charge in [-0.1, -0.05) is 0 Å². The molecule has 1 aromatic carbocycles. The molecular formula is C21H24N2O5. The van der Waals surface area contributed by atoms with E-state index in [4.69, 9.17) is 14.6 Å². The van der Waals surface area contributed by atoms with Gasteiger partial charge in [0.25, 0.3) is 5.91 Å². The van der Waals surface area contributed by atoms with Crippen LogP contribution >= 0.6 is 0 Å². The highest BCUT2D eigenvalue weighted by molar-refractivity contribution is 5.96. The summed E-state index contributed by atoms with van der Waals surface area (Å²) < 4.78 is 13.3. The van der Waals surface area contributed by atoms with E-state index in [1.165, 1.54) is 0 Å². The van der Waals surface area contributed by atoms with Crippen LogP contribution < -0.4 is 9.47 Å². The number of hydrogen-bond acceptors (Lipinski definition) is 4. The summed E-state index contributed by atoms with van der Waals surface area (Å²) in [5.41, 5.74) is 3.39. The Morgan fingerprint density at radius 3 is 2.64 bits per heavy atom. The van der Waals surface area contributed by atoms with Crippen LogP contribution in [-0.2, 0) is 4.79 Å². The number of rotatable bonds is 4.